The van der Waals surface area contributed by atoms with Crippen LogP contribution in [0.3, 0.4) is 0 Å². The predicted molar refractivity (Wildman–Crippen MR) is 94.8 cm³/mol. The lowest BCUT2D eigenvalue weighted by Crippen LogP contribution is -2.48. The summed E-state index contributed by atoms with van der Waals surface area (Å²) in [4.78, 5) is 25.9. The van der Waals surface area contributed by atoms with E-state index in [-0.39, 0.29) is 5.91 Å². The zero-order chi connectivity index (χ0) is 17.7. The van der Waals surface area contributed by atoms with Crippen molar-refractivity contribution in [3.8, 4) is 0 Å². The van der Waals surface area contributed by atoms with Crippen LogP contribution in [0.4, 0.5) is 4.39 Å². The Hall–Kier alpha value is -2.49. The van der Waals surface area contributed by atoms with Crippen LogP contribution in [0.5, 0.6) is 0 Å². The maximum atomic E-state index is 13.9. The third kappa shape index (κ3) is 3.78. The van der Waals surface area contributed by atoms with Crippen LogP contribution in [-0.2, 0) is 21.4 Å². The predicted octanol–water partition coefficient (Wildman–Crippen LogP) is 3.68. The molecular formula is C21H22FNO2. The van der Waals surface area contributed by atoms with Gasteiger partial charge in [-0.05, 0) is 30.4 Å². The molecule has 3 nitrogen and oxygen atoms in total. The molecule has 1 aliphatic heterocycles. The molecule has 25 heavy (non-hydrogen) atoms. The molecule has 2 aromatic rings. The SMILES string of the molecule is O=C(CCc1ccccc1)N1CCC(C(=O)F)(c2ccccc2)CC1. The second-order valence-electron chi connectivity index (χ2n) is 6.59. The lowest BCUT2D eigenvalue weighted by molar-refractivity contribution is -0.141. The fourth-order valence-corrected chi connectivity index (χ4v) is 3.55. The summed E-state index contributed by atoms with van der Waals surface area (Å²) in [6, 6.07) is 17.7. The first kappa shape index (κ1) is 17.3. The first-order chi connectivity index (χ1) is 12.1. The Kier molecular flexibility index (Phi) is 5.27. The molecule has 0 unspecified atom stereocenters. The van der Waals surface area contributed by atoms with E-state index in [0.29, 0.717) is 44.3 Å². The molecule has 4 heteroatoms. The molecule has 130 valence electrons. The van der Waals surface area contributed by atoms with Gasteiger partial charge in [0.05, 0.1) is 5.41 Å². The molecule has 0 spiro atoms. The number of benzene rings is 2. The number of carbonyl (C=O) groups excluding carboxylic acids is 2. The average molecular weight is 339 g/mol. The third-order valence-electron chi connectivity index (χ3n) is 5.14. The van der Waals surface area contributed by atoms with Crippen molar-refractivity contribution < 1.29 is 14.0 Å². The van der Waals surface area contributed by atoms with Gasteiger partial charge in [0, 0.05) is 19.5 Å². The van der Waals surface area contributed by atoms with Crippen molar-refractivity contribution in [2.24, 2.45) is 0 Å². The van der Waals surface area contributed by atoms with Gasteiger partial charge in [0.1, 0.15) is 0 Å². The van der Waals surface area contributed by atoms with E-state index in [2.05, 4.69) is 0 Å². The summed E-state index contributed by atoms with van der Waals surface area (Å²) in [5, 5.41) is 0. The molecule has 1 fully saturated rings. The standard InChI is InChI=1S/C21H22FNO2/c22-20(25)21(18-9-5-2-6-10-18)13-15-23(16-14-21)19(24)12-11-17-7-3-1-4-8-17/h1-10H,11-16H2. The molecule has 0 atom stereocenters. The van der Waals surface area contributed by atoms with Crippen molar-refractivity contribution in [3.63, 3.8) is 0 Å². The molecule has 0 N–H and O–H groups in total. The zero-order valence-corrected chi connectivity index (χ0v) is 14.2. The van der Waals surface area contributed by atoms with Crippen LogP contribution in [-0.4, -0.2) is 29.9 Å². The first-order valence-corrected chi connectivity index (χ1v) is 8.69. The Morgan fingerprint density at radius 1 is 0.920 bits per heavy atom. The van der Waals surface area contributed by atoms with E-state index in [1.165, 1.54) is 0 Å². The molecule has 0 radical (unpaired) electrons. The number of amides is 1. The van der Waals surface area contributed by atoms with Gasteiger partial charge in [-0.15, -0.1) is 0 Å². The number of aryl methyl sites for hydroxylation is 1. The van der Waals surface area contributed by atoms with E-state index < -0.39 is 11.5 Å². The molecule has 3 rings (SSSR count). The van der Waals surface area contributed by atoms with Gasteiger partial charge in [0.15, 0.2) is 0 Å². The number of piperidine rings is 1. The van der Waals surface area contributed by atoms with E-state index in [4.69, 9.17) is 0 Å². The molecular weight excluding hydrogens is 317 g/mol. The maximum absolute atomic E-state index is 13.9. The second-order valence-corrected chi connectivity index (χ2v) is 6.59. The smallest absolute Gasteiger partial charge is 0.312 e. The van der Waals surface area contributed by atoms with Gasteiger partial charge >= 0.3 is 6.04 Å². The molecule has 2 aromatic carbocycles. The van der Waals surface area contributed by atoms with Crippen LogP contribution in [0, 0.1) is 0 Å². The minimum absolute atomic E-state index is 0.0665. The lowest BCUT2D eigenvalue weighted by atomic mass is 9.73. The molecule has 0 bridgehead atoms. The van der Waals surface area contributed by atoms with Crippen LogP contribution in [0.2, 0.25) is 0 Å². The van der Waals surface area contributed by atoms with Crippen LogP contribution in [0.15, 0.2) is 60.7 Å². The maximum Gasteiger partial charge on any atom is 0.312 e. The fourth-order valence-electron chi connectivity index (χ4n) is 3.55. The van der Waals surface area contributed by atoms with Crippen molar-refractivity contribution in [1.29, 1.82) is 0 Å². The number of hydrogen-bond acceptors (Lipinski definition) is 2. The highest BCUT2D eigenvalue weighted by atomic mass is 19.1. The minimum atomic E-state index is -1.30. The van der Waals surface area contributed by atoms with Gasteiger partial charge in [-0.25, -0.2) is 0 Å². The molecule has 1 amide bonds. The largest absolute Gasteiger partial charge is 0.343 e. The van der Waals surface area contributed by atoms with Gasteiger partial charge in [-0.2, -0.15) is 4.39 Å². The number of nitrogens with zero attached hydrogens (tertiary/aromatic N) is 1. The summed E-state index contributed by atoms with van der Waals surface area (Å²) >= 11 is 0. The first-order valence-electron chi connectivity index (χ1n) is 8.69. The van der Waals surface area contributed by atoms with Crippen LogP contribution in [0.1, 0.15) is 30.4 Å². The summed E-state index contributed by atoms with van der Waals surface area (Å²) in [6.07, 6.45) is 1.81. The number of likely N-dealkylation sites (tertiary alicyclic amines) is 1. The Morgan fingerprint density at radius 2 is 1.48 bits per heavy atom. The molecule has 1 aliphatic rings. The summed E-state index contributed by atoms with van der Waals surface area (Å²) in [5.41, 5.74) is 0.738. The van der Waals surface area contributed by atoms with Gasteiger partial charge in [0.2, 0.25) is 5.91 Å². The molecule has 1 saturated heterocycles. The summed E-state index contributed by atoms with van der Waals surface area (Å²) in [6.45, 7) is 0.830. The van der Waals surface area contributed by atoms with E-state index in [0.717, 1.165) is 5.56 Å². The van der Waals surface area contributed by atoms with Crippen molar-refractivity contribution >= 4 is 11.9 Å². The molecule has 0 aliphatic carbocycles. The Labute approximate surface area is 147 Å². The number of halogens is 1. The normalized spacial score (nSPS) is 16.4. The monoisotopic (exact) mass is 339 g/mol. The summed E-state index contributed by atoms with van der Waals surface area (Å²) < 4.78 is 13.9. The van der Waals surface area contributed by atoms with Gasteiger partial charge in [-0.3, -0.25) is 9.59 Å². The summed E-state index contributed by atoms with van der Waals surface area (Å²) in [7, 11) is 0. The lowest BCUT2D eigenvalue weighted by Gasteiger charge is -2.39. The Morgan fingerprint density at radius 3 is 2.04 bits per heavy atom. The topological polar surface area (TPSA) is 37.4 Å². The Bertz CT molecular complexity index is 722. The van der Waals surface area contributed by atoms with Crippen LogP contribution >= 0.6 is 0 Å². The fraction of sp³-hybridized carbons (Fsp3) is 0.333. The molecule has 0 aromatic heterocycles. The summed E-state index contributed by atoms with van der Waals surface area (Å²) in [5.74, 6) is 0.0665. The van der Waals surface area contributed by atoms with Crippen molar-refractivity contribution in [1.82, 2.24) is 4.90 Å². The van der Waals surface area contributed by atoms with Crippen molar-refractivity contribution in [2.45, 2.75) is 31.1 Å². The third-order valence-corrected chi connectivity index (χ3v) is 5.14. The number of rotatable bonds is 5. The average Bonchev–Trinajstić information content (AvgIpc) is 2.67. The van der Waals surface area contributed by atoms with Gasteiger partial charge in [-0.1, -0.05) is 60.7 Å². The highest BCUT2D eigenvalue weighted by Gasteiger charge is 2.43. The van der Waals surface area contributed by atoms with E-state index >= 15 is 0 Å². The highest BCUT2D eigenvalue weighted by molar-refractivity contribution is 5.83. The molecule has 1 heterocycles. The highest BCUT2D eigenvalue weighted by Crippen LogP contribution is 2.37. The van der Waals surface area contributed by atoms with Crippen molar-refractivity contribution in [3.05, 3.63) is 71.8 Å². The van der Waals surface area contributed by atoms with Gasteiger partial charge in [0.25, 0.3) is 0 Å². The van der Waals surface area contributed by atoms with Crippen molar-refractivity contribution in [2.75, 3.05) is 13.1 Å². The second kappa shape index (κ2) is 7.60. The number of carbonyl (C=O) groups is 2. The zero-order valence-electron chi connectivity index (χ0n) is 14.2. The van der Waals surface area contributed by atoms with Crippen LogP contribution in [0.25, 0.3) is 0 Å². The number of hydrogen-bond donors (Lipinski definition) is 0. The Balaban J connectivity index is 1.62. The van der Waals surface area contributed by atoms with E-state index in [1.54, 1.807) is 17.0 Å². The quantitative estimate of drug-likeness (QED) is 0.780. The van der Waals surface area contributed by atoms with Crippen LogP contribution < -0.4 is 0 Å². The van der Waals surface area contributed by atoms with Gasteiger partial charge < -0.3 is 4.90 Å². The van der Waals surface area contributed by atoms with E-state index in [9.17, 15) is 14.0 Å². The molecule has 0 saturated carbocycles. The van der Waals surface area contributed by atoms with E-state index in [1.807, 2.05) is 48.5 Å². The minimum Gasteiger partial charge on any atom is -0.343 e.